The van der Waals surface area contributed by atoms with Gasteiger partial charge in [0, 0.05) is 13.1 Å². The lowest BCUT2D eigenvalue weighted by Crippen LogP contribution is -2.30. The van der Waals surface area contributed by atoms with E-state index in [9.17, 15) is 4.79 Å². The first-order chi connectivity index (χ1) is 5.24. The summed E-state index contributed by atoms with van der Waals surface area (Å²) in [5, 5.41) is 9.07. The monoisotopic (exact) mass is 195 g/mol. The van der Waals surface area contributed by atoms with Crippen LogP contribution in [0.1, 0.15) is 13.3 Å². The zero-order valence-corrected chi connectivity index (χ0v) is 7.84. The SMILES string of the molecule is CCOC(=O)N1CCC(O)C1.Cl. The maximum Gasteiger partial charge on any atom is 0.409 e. The van der Waals surface area contributed by atoms with Gasteiger partial charge in [0.15, 0.2) is 0 Å². The number of carbonyl (C=O) groups excluding carboxylic acids is 1. The fourth-order valence-electron chi connectivity index (χ4n) is 1.12. The molecule has 5 heteroatoms. The Balaban J connectivity index is 0.00000121. The molecule has 0 saturated carbocycles. The maximum absolute atomic E-state index is 11.0. The van der Waals surface area contributed by atoms with E-state index >= 15 is 0 Å². The lowest BCUT2D eigenvalue weighted by atomic mass is 10.3. The molecule has 1 amide bonds. The quantitative estimate of drug-likeness (QED) is 0.668. The Morgan fingerprint density at radius 2 is 2.42 bits per heavy atom. The van der Waals surface area contributed by atoms with Crippen molar-refractivity contribution in [3.8, 4) is 0 Å². The van der Waals surface area contributed by atoms with E-state index in [1.807, 2.05) is 0 Å². The van der Waals surface area contributed by atoms with Crippen LogP contribution in [0.15, 0.2) is 0 Å². The molecule has 0 bridgehead atoms. The third kappa shape index (κ3) is 2.87. The van der Waals surface area contributed by atoms with Crippen LogP contribution >= 0.6 is 12.4 Å². The third-order valence-corrected chi connectivity index (χ3v) is 1.69. The molecule has 1 aliphatic heterocycles. The highest BCUT2D eigenvalue weighted by Gasteiger charge is 2.24. The zero-order chi connectivity index (χ0) is 8.27. The molecule has 4 nitrogen and oxygen atoms in total. The molecule has 1 heterocycles. The summed E-state index contributed by atoms with van der Waals surface area (Å²) in [6.45, 7) is 3.19. The molecule has 0 aromatic carbocycles. The Morgan fingerprint density at radius 1 is 1.75 bits per heavy atom. The fraction of sp³-hybridized carbons (Fsp3) is 0.857. The first-order valence-electron chi connectivity index (χ1n) is 3.83. The molecule has 0 aromatic rings. The van der Waals surface area contributed by atoms with Gasteiger partial charge in [-0.05, 0) is 13.3 Å². The molecule has 1 rings (SSSR count). The molecule has 12 heavy (non-hydrogen) atoms. The predicted molar refractivity (Wildman–Crippen MR) is 46.5 cm³/mol. The second-order valence-corrected chi connectivity index (χ2v) is 2.59. The van der Waals surface area contributed by atoms with Gasteiger partial charge in [0.05, 0.1) is 12.7 Å². The molecular weight excluding hydrogens is 182 g/mol. The Kier molecular flexibility index (Phi) is 5.01. The number of aliphatic hydroxyl groups is 1. The van der Waals surface area contributed by atoms with Crippen molar-refractivity contribution in [3.63, 3.8) is 0 Å². The van der Waals surface area contributed by atoms with Crippen molar-refractivity contribution in [2.24, 2.45) is 0 Å². The third-order valence-electron chi connectivity index (χ3n) is 1.69. The molecule has 1 atom stereocenters. The van der Waals surface area contributed by atoms with Crippen LogP contribution < -0.4 is 0 Å². The number of rotatable bonds is 1. The standard InChI is InChI=1S/C7H13NO3.ClH/c1-2-11-7(10)8-4-3-6(9)5-8;/h6,9H,2-5H2,1H3;1H. The van der Waals surface area contributed by atoms with E-state index in [1.165, 1.54) is 4.90 Å². The number of carbonyl (C=O) groups is 1. The molecule has 0 aromatic heterocycles. The minimum Gasteiger partial charge on any atom is -0.450 e. The van der Waals surface area contributed by atoms with Crippen LogP contribution in [0.2, 0.25) is 0 Å². The summed E-state index contributed by atoms with van der Waals surface area (Å²) in [5.41, 5.74) is 0. The van der Waals surface area contributed by atoms with Gasteiger partial charge in [-0.3, -0.25) is 0 Å². The number of amides is 1. The number of ether oxygens (including phenoxy) is 1. The average Bonchev–Trinajstić information content (AvgIpc) is 2.36. The molecule has 72 valence electrons. The summed E-state index contributed by atoms with van der Waals surface area (Å²) in [6.07, 6.45) is -0.0119. The smallest absolute Gasteiger partial charge is 0.409 e. The minimum atomic E-state index is -0.362. The van der Waals surface area contributed by atoms with Gasteiger partial charge in [0.25, 0.3) is 0 Å². The van der Waals surface area contributed by atoms with E-state index < -0.39 is 0 Å². The summed E-state index contributed by atoms with van der Waals surface area (Å²) in [5.74, 6) is 0. The highest BCUT2D eigenvalue weighted by atomic mass is 35.5. The van der Waals surface area contributed by atoms with Gasteiger partial charge in [-0.1, -0.05) is 0 Å². The van der Waals surface area contributed by atoms with E-state index in [4.69, 9.17) is 9.84 Å². The van der Waals surface area contributed by atoms with Crippen LogP contribution in [-0.2, 0) is 4.74 Å². The number of nitrogens with zero attached hydrogens (tertiary/aromatic N) is 1. The van der Waals surface area contributed by atoms with Crippen molar-refractivity contribution in [2.75, 3.05) is 19.7 Å². The number of hydrogen-bond donors (Lipinski definition) is 1. The molecule has 1 N–H and O–H groups in total. The van der Waals surface area contributed by atoms with Crippen LogP contribution in [0.4, 0.5) is 4.79 Å². The Hall–Kier alpha value is -0.480. The summed E-state index contributed by atoms with van der Waals surface area (Å²) < 4.78 is 4.75. The lowest BCUT2D eigenvalue weighted by Gasteiger charge is -2.13. The molecule has 0 spiro atoms. The van der Waals surface area contributed by atoms with Gasteiger partial charge in [0.1, 0.15) is 0 Å². The highest BCUT2D eigenvalue weighted by molar-refractivity contribution is 5.85. The van der Waals surface area contributed by atoms with Crippen molar-refractivity contribution in [1.82, 2.24) is 4.90 Å². The molecule has 1 saturated heterocycles. The predicted octanol–water partition coefficient (Wildman–Crippen LogP) is 0.631. The van der Waals surface area contributed by atoms with Crippen LogP contribution in [0.5, 0.6) is 0 Å². The Labute approximate surface area is 77.9 Å². The van der Waals surface area contributed by atoms with Crippen molar-refractivity contribution < 1.29 is 14.6 Å². The first-order valence-corrected chi connectivity index (χ1v) is 3.83. The van der Waals surface area contributed by atoms with E-state index in [0.717, 1.165) is 0 Å². The number of aliphatic hydroxyl groups excluding tert-OH is 1. The molecule has 1 fully saturated rings. The van der Waals surface area contributed by atoms with Gasteiger partial charge in [0.2, 0.25) is 0 Å². The fourth-order valence-corrected chi connectivity index (χ4v) is 1.12. The number of β-amino-alcohol motifs (C(OH)–C–C–N with tert-alkyl or cyclic N) is 1. The minimum absolute atomic E-state index is 0. The molecular formula is C7H14ClNO3. The van der Waals surface area contributed by atoms with Crippen molar-refractivity contribution in [1.29, 1.82) is 0 Å². The zero-order valence-electron chi connectivity index (χ0n) is 7.02. The lowest BCUT2D eigenvalue weighted by molar-refractivity contribution is 0.107. The highest BCUT2D eigenvalue weighted by Crippen LogP contribution is 2.09. The Bertz CT molecular complexity index is 154. The molecule has 1 unspecified atom stereocenters. The van der Waals surface area contributed by atoms with Crippen LogP contribution in [0.25, 0.3) is 0 Å². The first kappa shape index (κ1) is 11.5. The second-order valence-electron chi connectivity index (χ2n) is 2.59. The summed E-state index contributed by atoms with van der Waals surface area (Å²) in [6, 6.07) is 0. The van der Waals surface area contributed by atoms with E-state index in [1.54, 1.807) is 6.92 Å². The summed E-state index contributed by atoms with van der Waals surface area (Å²) >= 11 is 0. The van der Waals surface area contributed by atoms with Gasteiger partial charge >= 0.3 is 6.09 Å². The van der Waals surface area contributed by atoms with Gasteiger partial charge in [-0.25, -0.2) is 4.79 Å². The van der Waals surface area contributed by atoms with Crippen LogP contribution in [-0.4, -0.2) is 41.9 Å². The Morgan fingerprint density at radius 3 is 2.83 bits per heavy atom. The number of hydrogen-bond acceptors (Lipinski definition) is 3. The largest absolute Gasteiger partial charge is 0.450 e. The number of halogens is 1. The topological polar surface area (TPSA) is 49.8 Å². The number of likely N-dealkylation sites (tertiary alicyclic amines) is 1. The van der Waals surface area contributed by atoms with Crippen molar-refractivity contribution in [2.45, 2.75) is 19.4 Å². The van der Waals surface area contributed by atoms with Crippen molar-refractivity contribution in [3.05, 3.63) is 0 Å². The van der Waals surface area contributed by atoms with Crippen LogP contribution in [0.3, 0.4) is 0 Å². The van der Waals surface area contributed by atoms with Gasteiger partial charge in [-0.15, -0.1) is 12.4 Å². The van der Waals surface area contributed by atoms with E-state index in [2.05, 4.69) is 0 Å². The van der Waals surface area contributed by atoms with Gasteiger partial charge < -0.3 is 14.7 Å². The summed E-state index contributed by atoms with van der Waals surface area (Å²) in [7, 11) is 0. The molecule has 1 aliphatic rings. The van der Waals surface area contributed by atoms with E-state index in [-0.39, 0.29) is 24.6 Å². The van der Waals surface area contributed by atoms with Crippen LogP contribution in [0, 0.1) is 0 Å². The molecule has 0 radical (unpaired) electrons. The molecule has 0 aliphatic carbocycles. The van der Waals surface area contributed by atoms with Gasteiger partial charge in [-0.2, -0.15) is 0 Å². The average molecular weight is 196 g/mol. The second kappa shape index (κ2) is 5.22. The van der Waals surface area contributed by atoms with E-state index in [0.29, 0.717) is 26.1 Å². The summed E-state index contributed by atoms with van der Waals surface area (Å²) in [4.78, 5) is 12.5. The normalized spacial score (nSPS) is 21.8. The van der Waals surface area contributed by atoms with Crippen molar-refractivity contribution >= 4 is 18.5 Å². The maximum atomic E-state index is 11.0.